The van der Waals surface area contributed by atoms with Gasteiger partial charge in [-0.3, -0.25) is 0 Å². The number of sulfonamides is 1. The molecule has 2 heterocycles. The van der Waals surface area contributed by atoms with Crippen LogP contribution in [0.1, 0.15) is 11.3 Å². The number of aromatic nitrogens is 2. The summed E-state index contributed by atoms with van der Waals surface area (Å²) in [6.07, 6.45) is -3.60. The molecule has 0 saturated carbocycles. The topological polar surface area (TPSA) is 94.3 Å². The molecule has 0 aliphatic carbocycles. The number of nitrogens with zero attached hydrogens (tertiary/aromatic N) is 2. The van der Waals surface area contributed by atoms with Crippen LogP contribution < -0.4 is 9.46 Å². The van der Waals surface area contributed by atoms with Gasteiger partial charge in [0.15, 0.2) is 12.4 Å². The van der Waals surface area contributed by atoms with Crippen LogP contribution in [0.5, 0.6) is 5.88 Å². The van der Waals surface area contributed by atoms with Crippen LogP contribution in [-0.2, 0) is 16.6 Å². The second-order valence-corrected chi connectivity index (χ2v) is 7.78. The number of rotatable bonds is 7. The van der Waals surface area contributed by atoms with E-state index >= 15 is 0 Å². The zero-order chi connectivity index (χ0) is 21.1. The molecular formula is C18H16F3N3O4S. The van der Waals surface area contributed by atoms with Crippen LogP contribution in [0, 0.1) is 6.92 Å². The van der Waals surface area contributed by atoms with E-state index in [1.165, 1.54) is 0 Å². The van der Waals surface area contributed by atoms with Gasteiger partial charge >= 0.3 is 6.18 Å². The van der Waals surface area contributed by atoms with E-state index < -0.39 is 22.8 Å². The number of hydrogen-bond donors (Lipinski definition) is 1. The number of nitrogens with one attached hydrogen (secondary N) is 1. The molecule has 2 aromatic heterocycles. The Morgan fingerprint density at radius 1 is 1.14 bits per heavy atom. The molecule has 0 spiro atoms. The third-order valence-electron chi connectivity index (χ3n) is 3.89. The molecule has 3 aromatic rings. The van der Waals surface area contributed by atoms with Crippen LogP contribution in [0.4, 0.5) is 13.2 Å². The summed E-state index contributed by atoms with van der Waals surface area (Å²) in [6, 6.07) is 11.4. The maximum Gasteiger partial charge on any atom is 0.422 e. The highest BCUT2D eigenvalue weighted by molar-refractivity contribution is 7.89. The molecule has 0 aliphatic rings. The van der Waals surface area contributed by atoms with Gasteiger partial charge in [0.1, 0.15) is 10.6 Å². The summed E-state index contributed by atoms with van der Waals surface area (Å²) < 4.78 is 73.3. The van der Waals surface area contributed by atoms with Crippen LogP contribution in [0.15, 0.2) is 58.1 Å². The molecule has 0 atom stereocenters. The summed E-state index contributed by atoms with van der Waals surface area (Å²) in [4.78, 5) is 3.37. The third-order valence-corrected chi connectivity index (χ3v) is 5.28. The second-order valence-electron chi connectivity index (χ2n) is 6.01. The van der Waals surface area contributed by atoms with Gasteiger partial charge in [0.2, 0.25) is 15.9 Å². The quantitative estimate of drug-likeness (QED) is 0.621. The molecule has 3 rings (SSSR count). The lowest BCUT2D eigenvalue weighted by Crippen LogP contribution is -2.24. The van der Waals surface area contributed by atoms with Crippen molar-refractivity contribution in [3.63, 3.8) is 0 Å². The van der Waals surface area contributed by atoms with E-state index in [-0.39, 0.29) is 17.3 Å². The molecule has 0 unspecified atom stereocenters. The van der Waals surface area contributed by atoms with E-state index in [0.717, 1.165) is 23.9 Å². The summed E-state index contributed by atoms with van der Waals surface area (Å²) in [5, 5.41) is 3.91. The fraction of sp³-hybridized carbons (Fsp3) is 0.222. The van der Waals surface area contributed by atoms with Crippen molar-refractivity contribution in [2.24, 2.45) is 0 Å². The van der Waals surface area contributed by atoms with Crippen molar-refractivity contribution < 1.29 is 30.8 Å². The number of pyridine rings is 1. The third kappa shape index (κ3) is 5.33. The Morgan fingerprint density at radius 3 is 2.48 bits per heavy atom. The van der Waals surface area contributed by atoms with Crippen molar-refractivity contribution in [2.45, 2.75) is 24.5 Å². The van der Waals surface area contributed by atoms with Crippen molar-refractivity contribution in [1.82, 2.24) is 14.9 Å². The number of hydrogen-bond acceptors (Lipinski definition) is 6. The first-order valence-electron chi connectivity index (χ1n) is 8.31. The fourth-order valence-electron chi connectivity index (χ4n) is 2.41. The molecule has 154 valence electrons. The first-order valence-corrected chi connectivity index (χ1v) is 9.80. The number of alkyl halides is 3. The van der Waals surface area contributed by atoms with Gasteiger partial charge in [0, 0.05) is 17.2 Å². The van der Waals surface area contributed by atoms with E-state index in [1.54, 1.807) is 6.92 Å². The average molecular weight is 427 g/mol. The number of ether oxygens (including phenoxy) is 1. The van der Waals surface area contributed by atoms with Gasteiger partial charge in [0.25, 0.3) is 0 Å². The lowest BCUT2D eigenvalue weighted by Gasteiger charge is -2.09. The summed E-state index contributed by atoms with van der Waals surface area (Å²) in [5.74, 6) is 0.203. The first-order chi connectivity index (χ1) is 13.7. The summed E-state index contributed by atoms with van der Waals surface area (Å²) in [7, 11) is -3.96. The zero-order valence-electron chi connectivity index (χ0n) is 15.1. The van der Waals surface area contributed by atoms with Crippen molar-refractivity contribution in [2.75, 3.05) is 6.61 Å². The first kappa shape index (κ1) is 20.8. The monoisotopic (exact) mass is 427 g/mol. The van der Waals surface area contributed by atoms with Gasteiger partial charge in [-0.15, -0.1) is 0 Å². The molecule has 0 bridgehead atoms. The molecule has 7 nitrogen and oxygen atoms in total. The van der Waals surface area contributed by atoms with E-state index in [9.17, 15) is 21.6 Å². The van der Waals surface area contributed by atoms with E-state index in [2.05, 4.69) is 19.6 Å². The molecule has 0 fully saturated rings. The zero-order valence-corrected chi connectivity index (χ0v) is 15.9. The Balaban J connectivity index is 1.67. The molecule has 29 heavy (non-hydrogen) atoms. The maximum absolute atomic E-state index is 12.4. The molecule has 11 heteroatoms. The highest BCUT2D eigenvalue weighted by Crippen LogP contribution is 2.25. The average Bonchev–Trinajstić information content (AvgIpc) is 3.06. The van der Waals surface area contributed by atoms with E-state index in [1.807, 2.05) is 30.3 Å². The van der Waals surface area contributed by atoms with Crippen LogP contribution in [0.2, 0.25) is 0 Å². The summed E-state index contributed by atoms with van der Waals surface area (Å²) in [5.41, 5.74) is 1.91. The van der Waals surface area contributed by atoms with Gasteiger partial charge in [-0.1, -0.05) is 35.5 Å². The maximum atomic E-state index is 12.4. The van der Waals surface area contributed by atoms with Crippen LogP contribution in [0.25, 0.3) is 11.3 Å². The number of benzene rings is 1. The van der Waals surface area contributed by atoms with Crippen LogP contribution in [-0.4, -0.2) is 31.3 Å². The van der Waals surface area contributed by atoms with Crippen molar-refractivity contribution in [3.8, 4) is 17.2 Å². The van der Waals surface area contributed by atoms with Gasteiger partial charge in [-0.05, 0) is 13.0 Å². The normalized spacial score (nSPS) is 12.1. The van der Waals surface area contributed by atoms with E-state index in [4.69, 9.17) is 4.52 Å². The minimum atomic E-state index is -4.51. The Morgan fingerprint density at radius 2 is 1.86 bits per heavy atom. The molecule has 0 aliphatic heterocycles. The second kappa shape index (κ2) is 8.21. The molecule has 1 aromatic carbocycles. The van der Waals surface area contributed by atoms with Gasteiger partial charge in [0.05, 0.1) is 12.7 Å². The highest BCUT2D eigenvalue weighted by atomic mass is 32.2. The van der Waals surface area contributed by atoms with E-state index in [0.29, 0.717) is 17.0 Å². The lowest BCUT2D eigenvalue weighted by molar-refractivity contribution is -0.154. The number of halogens is 3. The summed E-state index contributed by atoms with van der Waals surface area (Å²) >= 11 is 0. The van der Waals surface area contributed by atoms with Crippen LogP contribution >= 0.6 is 0 Å². The Kier molecular flexibility index (Phi) is 5.89. The smallest absolute Gasteiger partial charge is 0.422 e. The predicted octanol–water partition coefficient (Wildman–Crippen LogP) is 3.46. The minimum absolute atomic E-state index is 0.128. The fourth-order valence-corrected chi connectivity index (χ4v) is 3.34. The van der Waals surface area contributed by atoms with Crippen molar-refractivity contribution in [1.29, 1.82) is 0 Å². The van der Waals surface area contributed by atoms with Crippen LogP contribution in [0.3, 0.4) is 0 Å². The Hall–Kier alpha value is -2.92. The molecule has 0 saturated heterocycles. The Labute approximate surface area is 164 Å². The molecule has 0 radical (unpaired) electrons. The predicted molar refractivity (Wildman–Crippen MR) is 96.5 cm³/mol. The van der Waals surface area contributed by atoms with Gasteiger partial charge in [-0.2, -0.15) is 13.2 Å². The highest BCUT2D eigenvalue weighted by Gasteiger charge is 2.28. The van der Waals surface area contributed by atoms with Crippen molar-refractivity contribution >= 4 is 10.0 Å². The minimum Gasteiger partial charge on any atom is -0.468 e. The van der Waals surface area contributed by atoms with Gasteiger partial charge < -0.3 is 9.26 Å². The van der Waals surface area contributed by atoms with Gasteiger partial charge in [-0.25, -0.2) is 18.1 Å². The molecular weight excluding hydrogens is 411 g/mol. The molecule has 1 N–H and O–H groups in total. The largest absolute Gasteiger partial charge is 0.468 e. The van der Waals surface area contributed by atoms with Crippen molar-refractivity contribution in [3.05, 3.63) is 59.9 Å². The summed E-state index contributed by atoms with van der Waals surface area (Å²) in [6.45, 7) is 0.118. The lowest BCUT2D eigenvalue weighted by atomic mass is 10.1. The Bertz CT molecular complexity index is 1070. The SMILES string of the molecule is Cc1c(CNS(=O)(=O)c2ccc(OCC(F)(F)F)nc2)noc1-c1ccccc1. The standard InChI is InChI=1S/C18H16F3N3O4S/c1-12-15(24-28-17(12)13-5-3-2-4-6-13)10-23-29(25,26)14-7-8-16(22-9-14)27-11-18(19,20)21/h2-9,23H,10-11H2,1H3. The molecule has 0 amide bonds.